The molecule has 0 aromatic carbocycles. The zero-order valence-electron chi connectivity index (χ0n) is 11.1. The van der Waals surface area contributed by atoms with Gasteiger partial charge in [-0.2, -0.15) is 0 Å². The van der Waals surface area contributed by atoms with Crippen LogP contribution in [0.1, 0.15) is 20.8 Å². The molecule has 8 heteroatoms. The highest BCUT2D eigenvalue weighted by Gasteiger charge is 2.25. The zero-order chi connectivity index (χ0) is 15.0. The van der Waals surface area contributed by atoms with Gasteiger partial charge in [0.2, 0.25) is 5.91 Å². The Bertz CT molecular complexity index is 621. The Kier molecular flexibility index (Phi) is 4.26. The minimum Gasteiger partial charge on any atom is -0.383 e. The first kappa shape index (κ1) is 15.9. The van der Waals surface area contributed by atoms with Crippen molar-refractivity contribution < 1.29 is 13.2 Å². The molecule has 0 radical (unpaired) electrons. The molecule has 1 aromatic rings. The van der Waals surface area contributed by atoms with Gasteiger partial charge in [-0.3, -0.25) is 4.79 Å². The van der Waals surface area contributed by atoms with Crippen molar-refractivity contribution in [1.29, 1.82) is 0 Å². The molecule has 106 valence electrons. The Balaban J connectivity index is 3.35. The highest BCUT2D eigenvalue weighted by molar-refractivity contribution is 9.10. The van der Waals surface area contributed by atoms with E-state index in [0.29, 0.717) is 4.47 Å². The van der Waals surface area contributed by atoms with Crippen LogP contribution < -0.4 is 11.1 Å². The third-order valence-corrected chi connectivity index (χ3v) is 4.03. The first-order valence-corrected chi connectivity index (χ1v) is 8.09. The minimum absolute atomic E-state index is 0.0527. The summed E-state index contributed by atoms with van der Waals surface area (Å²) in [6, 6.07) is 1.33. The number of nitrogens with two attached hydrogens (primary N) is 1. The lowest BCUT2D eigenvalue weighted by Crippen LogP contribution is -2.29. The van der Waals surface area contributed by atoms with Gasteiger partial charge in [0, 0.05) is 11.7 Å². The third kappa shape index (κ3) is 3.90. The predicted octanol–water partition coefficient (Wildman–Crippen LogP) is 1.81. The maximum Gasteiger partial charge on any atom is 0.230 e. The van der Waals surface area contributed by atoms with Crippen molar-refractivity contribution >= 4 is 43.3 Å². The number of pyridine rings is 1. The van der Waals surface area contributed by atoms with Crippen molar-refractivity contribution in [3.8, 4) is 0 Å². The van der Waals surface area contributed by atoms with Gasteiger partial charge in [-0.15, -0.1) is 0 Å². The number of hydrogen-bond donors (Lipinski definition) is 2. The lowest BCUT2D eigenvalue weighted by Gasteiger charge is -2.18. The van der Waals surface area contributed by atoms with E-state index in [-0.39, 0.29) is 22.4 Å². The SMILES string of the molecule is CC(C)(C)C(=O)Nc1nc(N)c(Br)cc1S(C)(=O)=O. The number of nitrogens with one attached hydrogen (secondary N) is 1. The second kappa shape index (κ2) is 5.09. The average molecular weight is 350 g/mol. The molecule has 0 saturated carbocycles. The molecule has 0 unspecified atom stereocenters. The number of nitrogens with zero attached hydrogens (tertiary/aromatic N) is 1. The minimum atomic E-state index is -3.53. The van der Waals surface area contributed by atoms with Crippen molar-refractivity contribution in [3.63, 3.8) is 0 Å². The molecule has 1 amide bonds. The smallest absolute Gasteiger partial charge is 0.230 e. The Labute approximate surface area is 120 Å². The number of hydrogen-bond acceptors (Lipinski definition) is 5. The number of aromatic nitrogens is 1. The topological polar surface area (TPSA) is 102 Å². The number of anilines is 2. The van der Waals surface area contributed by atoms with E-state index >= 15 is 0 Å². The first-order valence-electron chi connectivity index (χ1n) is 5.40. The van der Waals surface area contributed by atoms with Gasteiger partial charge in [0.25, 0.3) is 0 Å². The second-order valence-corrected chi connectivity index (χ2v) is 8.02. The first-order chi connectivity index (χ1) is 8.43. The standard InChI is InChI=1S/C11H16BrN3O3S/c1-11(2,3)10(16)15-9-7(19(4,17)18)5-6(12)8(13)14-9/h5H,1-4H3,(H3,13,14,15,16). The summed E-state index contributed by atoms with van der Waals surface area (Å²) in [4.78, 5) is 15.7. The molecule has 0 atom stereocenters. The largest absolute Gasteiger partial charge is 0.383 e. The van der Waals surface area contributed by atoms with Gasteiger partial charge < -0.3 is 11.1 Å². The van der Waals surface area contributed by atoms with Crippen molar-refractivity contribution in [2.45, 2.75) is 25.7 Å². The second-order valence-electron chi connectivity index (χ2n) is 5.18. The molecule has 0 aliphatic heterocycles. The van der Waals surface area contributed by atoms with Gasteiger partial charge in [0.1, 0.15) is 10.7 Å². The molecule has 0 saturated heterocycles. The summed E-state index contributed by atoms with van der Waals surface area (Å²) in [5.41, 5.74) is 4.95. The summed E-state index contributed by atoms with van der Waals surface area (Å²) in [7, 11) is -3.53. The van der Waals surface area contributed by atoms with Crippen LogP contribution in [0.2, 0.25) is 0 Å². The van der Waals surface area contributed by atoms with Gasteiger partial charge in [-0.25, -0.2) is 13.4 Å². The third-order valence-electron chi connectivity index (χ3n) is 2.28. The summed E-state index contributed by atoms with van der Waals surface area (Å²) < 4.78 is 23.8. The van der Waals surface area contributed by atoms with Crippen molar-refractivity contribution in [3.05, 3.63) is 10.5 Å². The van der Waals surface area contributed by atoms with Gasteiger partial charge in [0.05, 0.1) is 4.47 Å². The molecule has 19 heavy (non-hydrogen) atoms. The Morgan fingerprint density at radius 3 is 2.37 bits per heavy atom. The van der Waals surface area contributed by atoms with Gasteiger partial charge in [-0.1, -0.05) is 20.8 Å². The van der Waals surface area contributed by atoms with E-state index in [9.17, 15) is 13.2 Å². The van der Waals surface area contributed by atoms with Gasteiger partial charge in [0.15, 0.2) is 15.7 Å². The van der Waals surface area contributed by atoms with Crippen LogP contribution in [0.5, 0.6) is 0 Å². The average Bonchev–Trinajstić information content (AvgIpc) is 2.19. The van der Waals surface area contributed by atoms with Crippen LogP contribution in [-0.4, -0.2) is 25.6 Å². The normalized spacial score (nSPS) is 12.3. The highest BCUT2D eigenvalue weighted by atomic mass is 79.9. The number of carbonyl (C=O) groups is 1. The maximum absolute atomic E-state index is 11.9. The highest BCUT2D eigenvalue weighted by Crippen LogP contribution is 2.28. The van der Waals surface area contributed by atoms with Gasteiger partial charge in [-0.05, 0) is 22.0 Å². The number of carbonyl (C=O) groups excluding carboxylic acids is 1. The molecule has 1 rings (SSSR count). The molecular formula is C11H16BrN3O3S. The van der Waals surface area contributed by atoms with E-state index in [0.717, 1.165) is 6.26 Å². The maximum atomic E-state index is 11.9. The molecule has 0 spiro atoms. The van der Waals surface area contributed by atoms with E-state index in [4.69, 9.17) is 5.73 Å². The van der Waals surface area contributed by atoms with Crippen LogP contribution in [0.4, 0.5) is 11.6 Å². The van der Waals surface area contributed by atoms with Gasteiger partial charge >= 0.3 is 0 Å². The van der Waals surface area contributed by atoms with E-state index in [1.54, 1.807) is 20.8 Å². The number of halogens is 1. The van der Waals surface area contributed by atoms with Crippen molar-refractivity contribution in [2.24, 2.45) is 5.41 Å². The van der Waals surface area contributed by atoms with Crippen LogP contribution in [0, 0.1) is 5.41 Å². The summed E-state index contributed by atoms with van der Waals surface area (Å²) in [6.45, 7) is 5.14. The summed E-state index contributed by atoms with van der Waals surface area (Å²) in [6.07, 6.45) is 1.04. The molecular weight excluding hydrogens is 334 g/mol. The fourth-order valence-corrected chi connectivity index (χ4v) is 2.40. The Hall–Kier alpha value is -1.15. The molecule has 6 nitrogen and oxygen atoms in total. The quantitative estimate of drug-likeness (QED) is 0.847. The van der Waals surface area contributed by atoms with Crippen LogP contribution in [0.15, 0.2) is 15.4 Å². The van der Waals surface area contributed by atoms with Crippen LogP contribution in [0.25, 0.3) is 0 Å². The lowest BCUT2D eigenvalue weighted by atomic mass is 9.96. The summed E-state index contributed by atoms with van der Waals surface area (Å²) in [5.74, 6) is -0.286. The Morgan fingerprint density at radius 1 is 1.42 bits per heavy atom. The molecule has 1 heterocycles. The number of nitrogen functional groups attached to an aromatic ring is 1. The predicted molar refractivity (Wildman–Crippen MR) is 77.5 cm³/mol. The number of sulfone groups is 1. The zero-order valence-corrected chi connectivity index (χ0v) is 13.5. The fourth-order valence-electron chi connectivity index (χ4n) is 1.15. The van der Waals surface area contributed by atoms with E-state index in [2.05, 4.69) is 26.2 Å². The molecule has 0 aliphatic rings. The number of rotatable bonds is 2. The van der Waals surface area contributed by atoms with E-state index < -0.39 is 15.3 Å². The lowest BCUT2D eigenvalue weighted by molar-refractivity contribution is -0.123. The molecule has 3 N–H and O–H groups in total. The van der Waals surface area contributed by atoms with E-state index in [1.807, 2.05) is 0 Å². The van der Waals surface area contributed by atoms with Crippen LogP contribution >= 0.6 is 15.9 Å². The molecule has 0 aliphatic carbocycles. The van der Waals surface area contributed by atoms with Crippen LogP contribution in [-0.2, 0) is 14.6 Å². The summed E-state index contributed by atoms with van der Waals surface area (Å²) >= 11 is 3.11. The van der Waals surface area contributed by atoms with E-state index in [1.165, 1.54) is 6.07 Å². The van der Waals surface area contributed by atoms with Crippen molar-refractivity contribution in [1.82, 2.24) is 4.98 Å². The summed E-state index contributed by atoms with van der Waals surface area (Å²) in [5, 5.41) is 2.50. The molecule has 0 bridgehead atoms. The van der Waals surface area contributed by atoms with Crippen LogP contribution in [0.3, 0.4) is 0 Å². The molecule has 0 fully saturated rings. The molecule has 1 aromatic heterocycles. The Morgan fingerprint density at radius 2 is 1.95 bits per heavy atom. The number of amides is 1. The monoisotopic (exact) mass is 349 g/mol. The fraction of sp³-hybridized carbons (Fsp3) is 0.455. The van der Waals surface area contributed by atoms with Crippen molar-refractivity contribution in [2.75, 3.05) is 17.3 Å².